The van der Waals surface area contributed by atoms with E-state index >= 15 is 0 Å². The van der Waals surface area contributed by atoms with Crippen LogP contribution in [-0.4, -0.2) is 4.98 Å². The fourth-order valence-electron chi connectivity index (χ4n) is 2.87. The Morgan fingerprint density at radius 1 is 1.05 bits per heavy atom. The Bertz CT molecular complexity index is 849. The topological polar surface area (TPSA) is 50.9 Å². The van der Waals surface area contributed by atoms with E-state index < -0.39 is 0 Å². The van der Waals surface area contributed by atoms with Crippen LogP contribution in [0.2, 0.25) is 0 Å². The van der Waals surface area contributed by atoms with Gasteiger partial charge in [0.05, 0.1) is 5.39 Å². The third kappa shape index (κ3) is 2.37. The molecule has 2 aromatic carbocycles. The van der Waals surface area contributed by atoms with Crippen LogP contribution in [0.1, 0.15) is 16.7 Å². The molecule has 0 aliphatic heterocycles. The van der Waals surface area contributed by atoms with Crippen molar-refractivity contribution in [3.05, 3.63) is 59.0 Å². The molecule has 0 radical (unpaired) electrons. The van der Waals surface area contributed by atoms with Gasteiger partial charge in [0.2, 0.25) is 0 Å². The number of anilines is 3. The summed E-state index contributed by atoms with van der Waals surface area (Å²) in [5, 5.41) is 4.36. The first-order valence-corrected chi connectivity index (χ1v) is 7.15. The predicted octanol–water partition coefficient (Wildman–Crippen LogP) is 4.62. The molecular formula is C18H18FN3. The minimum Gasteiger partial charge on any atom is -0.398 e. The van der Waals surface area contributed by atoms with Crippen molar-refractivity contribution in [2.24, 2.45) is 0 Å². The van der Waals surface area contributed by atoms with Crippen molar-refractivity contribution in [3.63, 3.8) is 0 Å². The molecule has 1 heterocycles. The number of aryl methyl sites for hydroxylation is 3. The maximum Gasteiger partial charge on any atom is 0.141 e. The van der Waals surface area contributed by atoms with Gasteiger partial charge in [0.1, 0.15) is 11.6 Å². The minimum atomic E-state index is -0.331. The monoisotopic (exact) mass is 295 g/mol. The van der Waals surface area contributed by atoms with Gasteiger partial charge in [-0.1, -0.05) is 17.7 Å². The highest BCUT2D eigenvalue weighted by atomic mass is 19.1. The summed E-state index contributed by atoms with van der Waals surface area (Å²) in [5.74, 6) is 0.152. The molecule has 112 valence electrons. The van der Waals surface area contributed by atoms with Crippen molar-refractivity contribution in [2.45, 2.75) is 20.8 Å². The van der Waals surface area contributed by atoms with Crippen molar-refractivity contribution in [2.75, 3.05) is 11.1 Å². The zero-order valence-corrected chi connectivity index (χ0v) is 12.9. The molecule has 0 saturated heterocycles. The number of aromatic nitrogens is 1. The van der Waals surface area contributed by atoms with Gasteiger partial charge >= 0.3 is 0 Å². The highest BCUT2D eigenvalue weighted by Crippen LogP contribution is 2.32. The number of nitrogens with zero attached hydrogens (tertiary/aromatic N) is 1. The van der Waals surface area contributed by atoms with E-state index in [1.54, 1.807) is 18.3 Å². The number of hydrogen-bond donors (Lipinski definition) is 2. The summed E-state index contributed by atoms with van der Waals surface area (Å²) in [5.41, 5.74) is 10.8. The summed E-state index contributed by atoms with van der Waals surface area (Å²) in [6.45, 7) is 6.11. The number of rotatable bonds is 2. The summed E-state index contributed by atoms with van der Waals surface area (Å²) in [6, 6.07) is 8.85. The molecule has 0 aliphatic rings. The maximum absolute atomic E-state index is 14.3. The highest BCUT2D eigenvalue weighted by Gasteiger charge is 2.12. The molecule has 0 spiro atoms. The smallest absolute Gasteiger partial charge is 0.141 e. The Hall–Kier alpha value is -2.62. The molecule has 3 rings (SSSR count). The van der Waals surface area contributed by atoms with Crippen LogP contribution in [0.15, 0.2) is 36.5 Å². The normalized spacial score (nSPS) is 10.9. The van der Waals surface area contributed by atoms with Crippen molar-refractivity contribution >= 4 is 28.0 Å². The van der Waals surface area contributed by atoms with Crippen molar-refractivity contribution in [1.82, 2.24) is 4.98 Å². The van der Waals surface area contributed by atoms with Crippen molar-refractivity contribution in [3.8, 4) is 0 Å². The van der Waals surface area contributed by atoms with Gasteiger partial charge in [0, 0.05) is 23.0 Å². The second kappa shape index (κ2) is 5.30. The molecule has 0 amide bonds. The van der Waals surface area contributed by atoms with E-state index in [1.165, 1.54) is 11.6 Å². The Kier molecular flexibility index (Phi) is 3.45. The Morgan fingerprint density at radius 3 is 2.41 bits per heavy atom. The van der Waals surface area contributed by atoms with Crippen LogP contribution >= 0.6 is 0 Å². The second-order valence-electron chi connectivity index (χ2n) is 5.62. The molecule has 3 N–H and O–H groups in total. The predicted molar refractivity (Wildman–Crippen MR) is 90.0 cm³/mol. The molecule has 22 heavy (non-hydrogen) atoms. The molecule has 3 nitrogen and oxygen atoms in total. The van der Waals surface area contributed by atoms with Crippen LogP contribution < -0.4 is 11.1 Å². The molecule has 0 unspecified atom stereocenters. The summed E-state index contributed by atoms with van der Waals surface area (Å²) in [4.78, 5) is 4.30. The van der Waals surface area contributed by atoms with Crippen LogP contribution in [-0.2, 0) is 0 Å². The van der Waals surface area contributed by atoms with Crippen LogP contribution in [0, 0.1) is 26.6 Å². The maximum atomic E-state index is 14.3. The van der Waals surface area contributed by atoms with Crippen molar-refractivity contribution in [1.29, 1.82) is 0 Å². The van der Waals surface area contributed by atoms with Crippen LogP contribution in [0.4, 0.5) is 21.6 Å². The molecule has 1 aromatic heterocycles. The van der Waals surface area contributed by atoms with Gasteiger partial charge in [-0.15, -0.1) is 0 Å². The van der Waals surface area contributed by atoms with Crippen LogP contribution in [0.3, 0.4) is 0 Å². The van der Waals surface area contributed by atoms with E-state index in [2.05, 4.69) is 29.4 Å². The summed E-state index contributed by atoms with van der Waals surface area (Å²) in [6.07, 6.45) is 1.64. The first kappa shape index (κ1) is 14.3. The van der Waals surface area contributed by atoms with E-state index in [9.17, 15) is 4.39 Å². The summed E-state index contributed by atoms with van der Waals surface area (Å²) in [7, 11) is 0. The quantitative estimate of drug-likeness (QED) is 0.678. The molecule has 4 heteroatoms. The van der Waals surface area contributed by atoms with E-state index in [0.717, 1.165) is 16.8 Å². The van der Waals surface area contributed by atoms with E-state index in [0.29, 0.717) is 22.3 Å². The average molecular weight is 295 g/mol. The second-order valence-corrected chi connectivity index (χ2v) is 5.62. The summed E-state index contributed by atoms with van der Waals surface area (Å²) < 4.78 is 14.3. The Morgan fingerprint density at radius 2 is 1.73 bits per heavy atom. The first-order valence-electron chi connectivity index (χ1n) is 7.15. The van der Waals surface area contributed by atoms with Crippen LogP contribution in [0.5, 0.6) is 0 Å². The van der Waals surface area contributed by atoms with Gasteiger partial charge in [0.15, 0.2) is 0 Å². The lowest BCUT2D eigenvalue weighted by molar-refractivity contribution is 0.640. The molecule has 0 aliphatic carbocycles. The third-order valence-electron chi connectivity index (χ3n) is 3.83. The number of benzene rings is 2. The average Bonchev–Trinajstić information content (AvgIpc) is 2.46. The fourth-order valence-corrected chi connectivity index (χ4v) is 2.87. The van der Waals surface area contributed by atoms with Gasteiger partial charge in [-0.25, -0.2) is 9.37 Å². The van der Waals surface area contributed by atoms with Gasteiger partial charge in [0.25, 0.3) is 0 Å². The number of halogens is 1. The zero-order valence-electron chi connectivity index (χ0n) is 12.9. The number of pyridine rings is 1. The molecule has 0 saturated carbocycles. The summed E-state index contributed by atoms with van der Waals surface area (Å²) >= 11 is 0. The first-order chi connectivity index (χ1) is 10.5. The molecule has 0 bridgehead atoms. The molecule has 0 fully saturated rings. The molecular weight excluding hydrogens is 277 g/mol. The van der Waals surface area contributed by atoms with Crippen LogP contribution in [0.25, 0.3) is 10.8 Å². The van der Waals surface area contributed by atoms with E-state index in [-0.39, 0.29) is 5.82 Å². The number of nitrogen functional groups attached to an aromatic ring is 1. The number of nitrogens with two attached hydrogens (primary N) is 1. The zero-order chi connectivity index (χ0) is 15.9. The SMILES string of the molecule is Cc1cc(C)c(Nc2nccc3c(N)ccc(F)c23)c(C)c1. The lowest BCUT2D eigenvalue weighted by atomic mass is 10.0. The van der Waals surface area contributed by atoms with E-state index in [1.807, 2.05) is 13.8 Å². The molecule has 0 atom stereocenters. The lowest BCUT2D eigenvalue weighted by Gasteiger charge is -2.15. The fraction of sp³-hybridized carbons (Fsp3) is 0.167. The number of fused-ring (bicyclic) bond motifs is 1. The largest absolute Gasteiger partial charge is 0.398 e. The number of nitrogens with one attached hydrogen (secondary N) is 1. The highest BCUT2D eigenvalue weighted by molar-refractivity contribution is 6.00. The minimum absolute atomic E-state index is 0.331. The van der Waals surface area contributed by atoms with Gasteiger partial charge in [-0.05, 0) is 50.1 Å². The van der Waals surface area contributed by atoms with Gasteiger partial charge < -0.3 is 11.1 Å². The lowest BCUT2D eigenvalue weighted by Crippen LogP contribution is -2.01. The van der Waals surface area contributed by atoms with Gasteiger partial charge in [-0.3, -0.25) is 0 Å². The van der Waals surface area contributed by atoms with Gasteiger partial charge in [-0.2, -0.15) is 0 Å². The molecule has 3 aromatic rings. The Labute approximate surface area is 129 Å². The van der Waals surface area contributed by atoms with E-state index in [4.69, 9.17) is 5.73 Å². The van der Waals surface area contributed by atoms with Crippen molar-refractivity contribution < 1.29 is 4.39 Å². The standard InChI is InChI=1S/C18H18FN3/c1-10-8-11(2)17(12(3)9-10)22-18-16-13(6-7-21-18)15(20)5-4-14(16)19/h4-9H,20H2,1-3H3,(H,21,22). The third-order valence-corrected chi connectivity index (χ3v) is 3.83. The Balaban J connectivity index is 2.19. The number of hydrogen-bond acceptors (Lipinski definition) is 3.